The van der Waals surface area contributed by atoms with E-state index >= 15 is 0 Å². The predicted molar refractivity (Wildman–Crippen MR) is 102 cm³/mol. The summed E-state index contributed by atoms with van der Waals surface area (Å²) in [6.07, 6.45) is 3.92. The third-order valence-corrected chi connectivity index (χ3v) is 4.82. The SMILES string of the molecule is CCCCc1nc2ccc(NC(=O)C3COc4ccccc4C3)cc2[nH]1. The monoisotopic (exact) mass is 349 g/mol. The van der Waals surface area contributed by atoms with Crippen LogP contribution in [0.5, 0.6) is 5.75 Å². The second-order valence-corrected chi connectivity index (χ2v) is 6.83. The van der Waals surface area contributed by atoms with Crippen LogP contribution in [0.3, 0.4) is 0 Å². The first-order chi connectivity index (χ1) is 12.7. The zero-order valence-electron chi connectivity index (χ0n) is 14.9. The molecule has 134 valence electrons. The number of aryl methyl sites for hydroxylation is 1. The lowest BCUT2D eigenvalue weighted by Crippen LogP contribution is -2.32. The number of hydrogen-bond donors (Lipinski definition) is 2. The van der Waals surface area contributed by atoms with E-state index in [9.17, 15) is 4.79 Å². The maximum absolute atomic E-state index is 12.6. The summed E-state index contributed by atoms with van der Waals surface area (Å²) in [5.74, 6) is 1.70. The Morgan fingerprint density at radius 3 is 3.08 bits per heavy atom. The van der Waals surface area contributed by atoms with Crippen molar-refractivity contribution in [2.45, 2.75) is 32.6 Å². The number of benzene rings is 2. The number of nitrogens with zero attached hydrogens (tertiary/aromatic N) is 1. The number of anilines is 1. The van der Waals surface area contributed by atoms with Crippen molar-refractivity contribution in [3.05, 3.63) is 53.9 Å². The Morgan fingerprint density at radius 1 is 1.31 bits per heavy atom. The topological polar surface area (TPSA) is 67.0 Å². The van der Waals surface area contributed by atoms with E-state index < -0.39 is 0 Å². The van der Waals surface area contributed by atoms with Crippen molar-refractivity contribution in [2.24, 2.45) is 5.92 Å². The molecule has 4 rings (SSSR count). The van der Waals surface area contributed by atoms with Crippen molar-refractivity contribution in [2.75, 3.05) is 11.9 Å². The number of aromatic nitrogens is 2. The Kier molecular flexibility index (Phi) is 4.61. The number of fused-ring (bicyclic) bond motifs is 2. The number of H-pyrrole nitrogens is 1. The molecule has 0 saturated heterocycles. The van der Waals surface area contributed by atoms with Gasteiger partial charge in [-0.05, 0) is 42.7 Å². The van der Waals surface area contributed by atoms with Gasteiger partial charge in [-0.3, -0.25) is 4.79 Å². The van der Waals surface area contributed by atoms with Crippen LogP contribution in [0, 0.1) is 5.92 Å². The van der Waals surface area contributed by atoms with E-state index in [2.05, 4.69) is 22.2 Å². The molecule has 1 unspecified atom stereocenters. The van der Waals surface area contributed by atoms with Crippen LogP contribution >= 0.6 is 0 Å². The summed E-state index contributed by atoms with van der Waals surface area (Å²) in [4.78, 5) is 20.6. The quantitative estimate of drug-likeness (QED) is 0.729. The first-order valence-electron chi connectivity index (χ1n) is 9.23. The molecule has 2 aromatic carbocycles. The van der Waals surface area contributed by atoms with E-state index in [0.717, 1.165) is 53.1 Å². The zero-order valence-corrected chi connectivity index (χ0v) is 14.9. The van der Waals surface area contributed by atoms with Crippen LogP contribution in [-0.2, 0) is 17.6 Å². The normalized spacial score (nSPS) is 16.1. The van der Waals surface area contributed by atoms with E-state index in [4.69, 9.17) is 4.74 Å². The fraction of sp³-hybridized carbons (Fsp3) is 0.333. The van der Waals surface area contributed by atoms with Gasteiger partial charge in [0.15, 0.2) is 0 Å². The van der Waals surface area contributed by atoms with E-state index in [1.807, 2.05) is 42.5 Å². The van der Waals surface area contributed by atoms with Gasteiger partial charge in [-0.25, -0.2) is 4.98 Å². The first-order valence-corrected chi connectivity index (χ1v) is 9.23. The van der Waals surface area contributed by atoms with Gasteiger partial charge in [-0.15, -0.1) is 0 Å². The van der Waals surface area contributed by atoms with Gasteiger partial charge in [0.05, 0.1) is 17.0 Å². The van der Waals surface area contributed by atoms with Crippen molar-refractivity contribution in [1.82, 2.24) is 9.97 Å². The number of unbranched alkanes of at least 4 members (excludes halogenated alkanes) is 1. The summed E-state index contributed by atoms with van der Waals surface area (Å²) in [6.45, 7) is 2.58. The lowest BCUT2D eigenvalue weighted by molar-refractivity contribution is -0.121. The highest BCUT2D eigenvalue weighted by atomic mass is 16.5. The Hall–Kier alpha value is -2.82. The molecule has 5 nitrogen and oxygen atoms in total. The van der Waals surface area contributed by atoms with Crippen LogP contribution in [0.15, 0.2) is 42.5 Å². The van der Waals surface area contributed by atoms with Gasteiger partial charge in [0.1, 0.15) is 18.2 Å². The van der Waals surface area contributed by atoms with Crippen molar-refractivity contribution in [3.8, 4) is 5.75 Å². The average molecular weight is 349 g/mol. The number of nitrogens with one attached hydrogen (secondary N) is 2. The van der Waals surface area contributed by atoms with Gasteiger partial charge in [-0.1, -0.05) is 31.5 Å². The molecule has 1 aliphatic rings. The molecule has 0 fully saturated rings. The number of carbonyl (C=O) groups excluding carboxylic acids is 1. The lowest BCUT2D eigenvalue weighted by Gasteiger charge is -2.24. The summed E-state index contributed by atoms with van der Waals surface area (Å²) >= 11 is 0. The third-order valence-electron chi connectivity index (χ3n) is 4.82. The Balaban J connectivity index is 1.46. The van der Waals surface area contributed by atoms with Crippen LogP contribution in [-0.4, -0.2) is 22.5 Å². The molecular formula is C21H23N3O2. The average Bonchev–Trinajstić information content (AvgIpc) is 3.08. The lowest BCUT2D eigenvalue weighted by atomic mass is 9.96. The fourth-order valence-electron chi connectivity index (χ4n) is 3.34. The number of aromatic amines is 1. The second-order valence-electron chi connectivity index (χ2n) is 6.83. The van der Waals surface area contributed by atoms with Crippen LogP contribution in [0.25, 0.3) is 11.0 Å². The van der Waals surface area contributed by atoms with Crippen LogP contribution in [0.1, 0.15) is 31.2 Å². The number of carbonyl (C=O) groups is 1. The molecule has 1 aromatic heterocycles. The Labute approximate surface area is 152 Å². The van der Waals surface area contributed by atoms with E-state index in [-0.39, 0.29) is 11.8 Å². The molecule has 5 heteroatoms. The molecule has 2 N–H and O–H groups in total. The minimum absolute atomic E-state index is 0.00965. The highest BCUT2D eigenvalue weighted by Crippen LogP contribution is 2.27. The number of ether oxygens (including phenoxy) is 1. The van der Waals surface area contributed by atoms with Crippen molar-refractivity contribution >= 4 is 22.6 Å². The molecule has 0 saturated carbocycles. The molecule has 1 aliphatic heterocycles. The van der Waals surface area contributed by atoms with Gasteiger partial charge in [0, 0.05) is 12.1 Å². The van der Waals surface area contributed by atoms with Crippen LogP contribution < -0.4 is 10.1 Å². The van der Waals surface area contributed by atoms with Gasteiger partial charge in [0.2, 0.25) is 5.91 Å². The number of rotatable bonds is 5. The van der Waals surface area contributed by atoms with E-state index in [1.165, 1.54) is 0 Å². The Bertz CT molecular complexity index is 932. The molecule has 0 radical (unpaired) electrons. The molecule has 0 aliphatic carbocycles. The van der Waals surface area contributed by atoms with Gasteiger partial charge >= 0.3 is 0 Å². The van der Waals surface area contributed by atoms with E-state index in [0.29, 0.717) is 13.0 Å². The molecule has 1 atom stereocenters. The predicted octanol–water partition coefficient (Wildman–Crippen LogP) is 4.10. The molecule has 0 bridgehead atoms. The van der Waals surface area contributed by atoms with Crippen molar-refractivity contribution < 1.29 is 9.53 Å². The van der Waals surface area contributed by atoms with Crippen LogP contribution in [0.2, 0.25) is 0 Å². The first kappa shape index (κ1) is 16.6. The van der Waals surface area contributed by atoms with Gasteiger partial charge < -0.3 is 15.0 Å². The third kappa shape index (κ3) is 3.43. The van der Waals surface area contributed by atoms with Crippen LogP contribution in [0.4, 0.5) is 5.69 Å². The summed E-state index contributed by atoms with van der Waals surface area (Å²) in [5, 5.41) is 3.02. The minimum Gasteiger partial charge on any atom is -0.492 e. The molecular weight excluding hydrogens is 326 g/mol. The fourth-order valence-corrected chi connectivity index (χ4v) is 3.34. The van der Waals surface area contributed by atoms with Crippen molar-refractivity contribution in [1.29, 1.82) is 0 Å². The highest BCUT2D eigenvalue weighted by molar-refractivity contribution is 5.95. The smallest absolute Gasteiger partial charge is 0.231 e. The Morgan fingerprint density at radius 2 is 2.19 bits per heavy atom. The summed E-state index contributed by atoms with van der Waals surface area (Å²) in [5.41, 5.74) is 3.76. The van der Waals surface area contributed by atoms with Crippen molar-refractivity contribution in [3.63, 3.8) is 0 Å². The largest absolute Gasteiger partial charge is 0.492 e. The standard InChI is InChI=1S/C21H23N3O2/c1-2-3-8-20-23-17-10-9-16(12-18(17)24-20)22-21(25)15-11-14-6-4-5-7-19(14)26-13-15/h4-7,9-10,12,15H,2-3,8,11,13H2,1H3,(H,22,25)(H,23,24). The minimum atomic E-state index is -0.178. The molecule has 2 heterocycles. The number of amides is 1. The molecule has 3 aromatic rings. The highest BCUT2D eigenvalue weighted by Gasteiger charge is 2.25. The maximum Gasteiger partial charge on any atom is 0.231 e. The van der Waals surface area contributed by atoms with Gasteiger partial charge in [0.25, 0.3) is 0 Å². The van der Waals surface area contributed by atoms with E-state index in [1.54, 1.807) is 0 Å². The summed E-state index contributed by atoms with van der Waals surface area (Å²) < 4.78 is 5.73. The van der Waals surface area contributed by atoms with Gasteiger partial charge in [-0.2, -0.15) is 0 Å². The number of imidazole rings is 1. The molecule has 0 spiro atoms. The molecule has 26 heavy (non-hydrogen) atoms. The summed E-state index contributed by atoms with van der Waals surface area (Å²) in [7, 11) is 0. The second kappa shape index (κ2) is 7.20. The zero-order chi connectivity index (χ0) is 17.9. The number of hydrogen-bond acceptors (Lipinski definition) is 3. The maximum atomic E-state index is 12.6. The summed E-state index contributed by atoms with van der Waals surface area (Å²) in [6, 6.07) is 13.7. The molecule has 1 amide bonds. The number of para-hydroxylation sites is 1.